The van der Waals surface area contributed by atoms with Crippen LogP contribution in [-0.2, 0) is 11.8 Å². The average Bonchev–Trinajstić information content (AvgIpc) is 3.07. The van der Waals surface area contributed by atoms with Crippen LogP contribution >= 0.6 is 0 Å². The lowest BCUT2D eigenvalue weighted by molar-refractivity contribution is -0.116. The van der Waals surface area contributed by atoms with E-state index >= 15 is 0 Å². The summed E-state index contributed by atoms with van der Waals surface area (Å²) in [7, 11) is 1.77. The quantitative estimate of drug-likeness (QED) is 0.638. The number of aromatic nitrogens is 2. The van der Waals surface area contributed by atoms with Gasteiger partial charge in [0.1, 0.15) is 5.75 Å². The van der Waals surface area contributed by atoms with Gasteiger partial charge in [-0.1, -0.05) is 6.07 Å². The van der Waals surface area contributed by atoms with Crippen molar-refractivity contribution < 1.29 is 14.3 Å². The van der Waals surface area contributed by atoms with Gasteiger partial charge in [0, 0.05) is 30.7 Å². The monoisotopic (exact) mass is 377 g/mol. The van der Waals surface area contributed by atoms with Gasteiger partial charge in [-0.25, -0.2) is 4.98 Å². The molecule has 0 atom stereocenters. The van der Waals surface area contributed by atoms with Crippen LogP contribution in [0.1, 0.15) is 33.7 Å². The van der Waals surface area contributed by atoms with Gasteiger partial charge in [-0.15, -0.1) is 0 Å². The van der Waals surface area contributed by atoms with Crippen LogP contribution in [0.5, 0.6) is 5.75 Å². The van der Waals surface area contributed by atoms with Crippen molar-refractivity contribution in [1.82, 2.24) is 9.55 Å². The van der Waals surface area contributed by atoms with Gasteiger partial charge in [-0.05, 0) is 61.4 Å². The van der Waals surface area contributed by atoms with Crippen LogP contribution < -0.4 is 10.1 Å². The van der Waals surface area contributed by atoms with E-state index in [4.69, 9.17) is 4.74 Å². The number of amides is 1. The lowest BCUT2D eigenvalue weighted by atomic mass is 10.1. The van der Waals surface area contributed by atoms with Gasteiger partial charge in [0.25, 0.3) is 0 Å². The van der Waals surface area contributed by atoms with Gasteiger partial charge >= 0.3 is 0 Å². The number of rotatable bonds is 7. The SMILES string of the molecule is Cc1cc(C)cc(OCCC(=O)Nc2ccc(C(=O)c3nccn3C)cc2)c1. The number of carbonyl (C=O) groups excluding carboxylic acids is 2. The second-order valence-electron chi connectivity index (χ2n) is 6.74. The molecule has 1 heterocycles. The van der Waals surface area contributed by atoms with Crippen molar-refractivity contribution in [2.24, 2.45) is 7.05 Å². The maximum absolute atomic E-state index is 12.4. The predicted octanol–water partition coefficient (Wildman–Crippen LogP) is 3.68. The first kappa shape index (κ1) is 19.4. The summed E-state index contributed by atoms with van der Waals surface area (Å²) in [4.78, 5) is 28.6. The van der Waals surface area contributed by atoms with Crippen molar-refractivity contribution in [2.75, 3.05) is 11.9 Å². The second-order valence-corrected chi connectivity index (χ2v) is 6.74. The van der Waals surface area contributed by atoms with Crippen LogP contribution in [0.4, 0.5) is 5.69 Å². The van der Waals surface area contributed by atoms with Gasteiger partial charge in [-0.3, -0.25) is 9.59 Å². The predicted molar refractivity (Wildman–Crippen MR) is 108 cm³/mol. The molecule has 1 N–H and O–H groups in total. The Balaban J connectivity index is 1.51. The summed E-state index contributed by atoms with van der Waals surface area (Å²) in [6.07, 6.45) is 3.55. The Morgan fingerprint density at radius 2 is 1.75 bits per heavy atom. The molecular weight excluding hydrogens is 354 g/mol. The lowest BCUT2D eigenvalue weighted by Gasteiger charge is -2.09. The highest BCUT2D eigenvalue weighted by Gasteiger charge is 2.13. The molecule has 1 amide bonds. The topological polar surface area (TPSA) is 73.2 Å². The molecule has 2 aromatic carbocycles. The molecule has 0 saturated heterocycles. The van der Waals surface area contributed by atoms with Crippen molar-refractivity contribution in [3.05, 3.63) is 77.4 Å². The van der Waals surface area contributed by atoms with Gasteiger partial charge in [0.15, 0.2) is 5.82 Å². The minimum Gasteiger partial charge on any atom is -0.493 e. The third-order valence-corrected chi connectivity index (χ3v) is 4.25. The fraction of sp³-hybridized carbons (Fsp3) is 0.227. The molecule has 0 aliphatic heterocycles. The van der Waals surface area contributed by atoms with Crippen LogP contribution in [0.15, 0.2) is 54.9 Å². The number of ketones is 1. The summed E-state index contributed by atoms with van der Waals surface area (Å²) in [5, 5.41) is 2.81. The Labute approximate surface area is 164 Å². The van der Waals surface area contributed by atoms with E-state index in [1.807, 2.05) is 26.0 Å². The molecule has 0 spiro atoms. The molecule has 0 bridgehead atoms. The molecule has 3 rings (SSSR count). The van der Waals surface area contributed by atoms with Gasteiger partial charge < -0.3 is 14.6 Å². The molecule has 28 heavy (non-hydrogen) atoms. The number of hydrogen-bond donors (Lipinski definition) is 1. The third kappa shape index (κ3) is 4.85. The van der Waals surface area contributed by atoms with E-state index in [0.29, 0.717) is 23.7 Å². The Bertz CT molecular complexity index is 970. The van der Waals surface area contributed by atoms with Gasteiger partial charge in [0.05, 0.1) is 13.0 Å². The zero-order chi connectivity index (χ0) is 20.1. The molecule has 1 aromatic heterocycles. The zero-order valence-electron chi connectivity index (χ0n) is 16.2. The Morgan fingerprint density at radius 1 is 1.07 bits per heavy atom. The van der Waals surface area contributed by atoms with E-state index < -0.39 is 0 Å². The summed E-state index contributed by atoms with van der Waals surface area (Å²) in [6, 6.07) is 12.7. The summed E-state index contributed by atoms with van der Waals surface area (Å²) in [5.41, 5.74) is 3.40. The summed E-state index contributed by atoms with van der Waals surface area (Å²) in [5.74, 6) is 0.836. The molecular formula is C22H23N3O3. The molecule has 0 fully saturated rings. The Kier molecular flexibility index (Phi) is 5.89. The first-order valence-corrected chi connectivity index (χ1v) is 9.05. The second kappa shape index (κ2) is 8.52. The van der Waals surface area contributed by atoms with Crippen molar-refractivity contribution in [1.29, 1.82) is 0 Å². The minimum absolute atomic E-state index is 0.146. The molecule has 6 heteroatoms. The molecule has 0 radical (unpaired) electrons. The fourth-order valence-corrected chi connectivity index (χ4v) is 2.92. The van der Waals surface area contributed by atoms with E-state index in [2.05, 4.69) is 16.4 Å². The number of anilines is 1. The van der Waals surface area contributed by atoms with Crippen molar-refractivity contribution in [2.45, 2.75) is 20.3 Å². The maximum atomic E-state index is 12.4. The zero-order valence-corrected chi connectivity index (χ0v) is 16.2. The third-order valence-electron chi connectivity index (χ3n) is 4.25. The van der Waals surface area contributed by atoms with Crippen LogP contribution in [0, 0.1) is 13.8 Å². The van der Waals surface area contributed by atoms with Crippen LogP contribution in [0.3, 0.4) is 0 Å². The number of aryl methyl sites for hydroxylation is 3. The number of benzene rings is 2. The first-order chi connectivity index (χ1) is 13.4. The highest BCUT2D eigenvalue weighted by Crippen LogP contribution is 2.17. The number of ether oxygens (including phenoxy) is 1. The number of nitrogens with zero attached hydrogens (tertiary/aromatic N) is 2. The van der Waals surface area contributed by atoms with Crippen LogP contribution in [0.25, 0.3) is 0 Å². The first-order valence-electron chi connectivity index (χ1n) is 9.05. The largest absolute Gasteiger partial charge is 0.493 e. The number of carbonyl (C=O) groups is 2. The fourth-order valence-electron chi connectivity index (χ4n) is 2.92. The van der Waals surface area contributed by atoms with Crippen LogP contribution in [0.2, 0.25) is 0 Å². The summed E-state index contributed by atoms with van der Waals surface area (Å²) >= 11 is 0. The normalized spacial score (nSPS) is 10.5. The van der Waals surface area contributed by atoms with Crippen molar-refractivity contribution in [3.8, 4) is 5.75 Å². The summed E-state index contributed by atoms with van der Waals surface area (Å²) in [6.45, 7) is 4.31. The molecule has 0 unspecified atom stereocenters. The lowest BCUT2D eigenvalue weighted by Crippen LogP contribution is -2.15. The minimum atomic E-state index is -0.160. The Hall–Kier alpha value is -3.41. The number of imidazole rings is 1. The van der Waals surface area contributed by atoms with Crippen molar-refractivity contribution >= 4 is 17.4 Å². The molecule has 6 nitrogen and oxygen atoms in total. The Morgan fingerprint density at radius 3 is 2.36 bits per heavy atom. The average molecular weight is 377 g/mol. The smallest absolute Gasteiger partial charge is 0.228 e. The molecule has 0 aliphatic rings. The number of nitrogens with one attached hydrogen (secondary N) is 1. The van der Waals surface area contributed by atoms with Crippen molar-refractivity contribution in [3.63, 3.8) is 0 Å². The van der Waals surface area contributed by atoms with Gasteiger partial charge in [-0.2, -0.15) is 0 Å². The highest BCUT2D eigenvalue weighted by molar-refractivity contribution is 6.07. The highest BCUT2D eigenvalue weighted by atomic mass is 16.5. The standard InChI is InChI=1S/C22H23N3O3/c1-15-12-16(2)14-19(13-15)28-11-8-20(26)24-18-6-4-17(5-7-18)21(27)22-23-9-10-25(22)3/h4-7,9-10,12-14H,8,11H2,1-3H3,(H,24,26). The number of hydrogen-bond acceptors (Lipinski definition) is 4. The molecule has 144 valence electrons. The van der Waals surface area contributed by atoms with Crippen LogP contribution in [-0.4, -0.2) is 27.8 Å². The molecule has 0 saturated carbocycles. The van der Waals surface area contributed by atoms with E-state index in [1.54, 1.807) is 48.3 Å². The van der Waals surface area contributed by atoms with Gasteiger partial charge in [0.2, 0.25) is 11.7 Å². The maximum Gasteiger partial charge on any atom is 0.228 e. The molecule has 3 aromatic rings. The van der Waals surface area contributed by atoms with E-state index in [1.165, 1.54) is 0 Å². The van der Waals surface area contributed by atoms with E-state index in [9.17, 15) is 9.59 Å². The van der Waals surface area contributed by atoms with E-state index in [0.717, 1.165) is 16.9 Å². The summed E-state index contributed by atoms with van der Waals surface area (Å²) < 4.78 is 7.34. The van der Waals surface area contributed by atoms with E-state index in [-0.39, 0.29) is 18.1 Å². The molecule has 0 aliphatic carbocycles.